The second-order valence-corrected chi connectivity index (χ2v) is 7.03. The molecule has 1 aliphatic carbocycles. The molecular formula is C19H21BrN2O2. The van der Waals surface area contributed by atoms with Crippen molar-refractivity contribution in [3.05, 3.63) is 58.6 Å². The molecule has 24 heavy (non-hydrogen) atoms. The van der Waals surface area contributed by atoms with Gasteiger partial charge in [-0.25, -0.2) is 0 Å². The minimum atomic E-state index is 0.0211. The second-order valence-electron chi connectivity index (χ2n) is 6.18. The first-order valence-corrected chi connectivity index (χ1v) is 8.94. The minimum Gasteiger partial charge on any atom is -0.488 e. The smallest absolute Gasteiger partial charge is 0.227 e. The number of rotatable bonds is 5. The van der Waals surface area contributed by atoms with E-state index in [2.05, 4.69) is 21.2 Å². The fraction of sp³-hybridized carbons (Fsp3) is 0.316. The van der Waals surface area contributed by atoms with Crippen molar-refractivity contribution < 1.29 is 9.53 Å². The molecule has 1 saturated carbocycles. The lowest BCUT2D eigenvalue weighted by Gasteiger charge is -2.13. The van der Waals surface area contributed by atoms with E-state index in [1.807, 2.05) is 48.5 Å². The molecule has 1 amide bonds. The molecule has 126 valence electrons. The number of nitrogens with two attached hydrogens (primary N) is 1. The van der Waals surface area contributed by atoms with Gasteiger partial charge < -0.3 is 15.8 Å². The predicted octanol–water partition coefficient (Wildman–Crippen LogP) is 4.09. The number of ether oxygens (including phenoxy) is 1. The molecule has 0 aliphatic heterocycles. The van der Waals surface area contributed by atoms with Gasteiger partial charge in [0.1, 0.15) is 12.4 Å². The fourth-order valence-electron chi connectivity index (χ4n) is 2.93. The van der Waals surface area contributed by atoms with Crippen molar-refractivity contribution in [2.75, 3.05) is 5.32 Å². The van der Waals surface area contributed by atoms with E-state index in [4.69, 9.17) is 10.5 Å². The predicted molar refractivity (Wildman–Crippen MR) is 98.9 cm³/mol. The van der Waals surface area contributed by atoms with Gasteiger partial charge in [-0.3, -0.25) is 4.79 Å². The fourth-order valence-corrected chi connectivity index (χ4v) is 3.42. The average molecular weight is 389 g/mol. The Morgan fingerprint density at radius 2 is 2.00 bits per heavy atom. The van der Waals surface area contributed by atoms with Crippen LogP contribution < -0.4 is 15.8 Å². The van der Waals surface area contributed by atoms with Crippen molar-refractivity contribution in [2.45, 2.75) is 31.9 Å². The van der Waals surface area contributed by atoms with Gasteiger partial charge in [0.2, 0.25) is 5.91 Å². The van der Waals surface area contributed by atoms with Crippen LogP contribution in [0.25, 0.3) is 0 Å². The van der Waals surface area contributed by atoms with Gasteiger partial charge in [0.15, 0.2) is 0 Å². The van der Waals surface area contributed by atoms with E-state index in [1.165, 1.54) is 0 Å². The summed E-state index contributed by atoms with van der Waals surface area (Å²) < 4.78 is 6.64. The van der Waals surface area contributed by atoms with Gasteiger partial charge in [0, 0.05) is 17.6 Å². The van der Waals surface area contributed by atoms with E-state index in [1.54, 1.807) is 0 Å². The van der Waals surface area contributed by atoms with Gasteiger partial charge in [-0.1, -0.05) is 30.3 Å². The topological polar surface area (TPSA) is 64.4 Å². The summed E-state index contributed by atoms with van der Waals surface area (Å²) in [5, 5.41) is 2.97. The van der Waals surface area contributed by atoms with E-state index in [9.17, 15) is 4.79 Å². The van der Waals surface area contributed by atoms with Crippen molar-refractivity contribution in [2.24, 2.45) is 11.7 Å². The zero-order valence-corrected chi connectivity index (χ0v) is 15.0. The van der Waals surface area contributed by atoms with Gasteiger partial charge in [0.05, 0.1) is 4.47 Å². The Bertz CT molecular complexity index is 706. The third-order valence-electron chi connectivity index (χ3n) is 4.28. The second kappa shape index (κ2) is 7.81. The average Bonchev–Trinajstić information content (AvgIpc) is 3.02. The van der Waals surface area contributed by atoms with Gasteiger partial charge in [0.25, 0.3) is 0 Å². The van der Waals surface area contributed by atoms with Crippen molar-refractivity contribution in [3.8, 4) is 5.75 Å². The molecule has 1 aliphatic rings. The number of nitrogens with one attached hydrogen (secondary N) is 1. The van der Waals surface area contributed by atoms with Gasteiger partial charge in [-0.15, -0.1) is 0 Å². The molecule has 4 nitrogen and oxygen atoms in total. The molecule has 2 atom stereocenters. The molecule has 0 aromatic heterocycles. The monoisotopic (exact) mass is 388 g/mol. The van der Waals surface area contributed by atoms with Crippen LogP contribution in [0, 0.1) is 5.92 Å². The molecule has 0 heterocycles. The zero-order chi connectivity index (χ0) is 16.9. The summed E-state index contributed by atoms with van der Waals surface area (Å²) in [6.07, 6.45) is 2.56. The number of carbonyl (C=O) groups is 1. The first kappa shape index (κ1) is 17.0. The summed E-state index contributed by atoms with van der Waals surface area (Å²) in [5.74, 6) is 0.820. The summed E-state index contributed by atoms with van der Waals surface area (Å²) in [6, 6.07) is 15.7. The molecular weight excluding hydrogens is 368 g/mol. The Morgan fingerprint density at radius 1 is 1.21 bits per heavy atom. The molecule has 0 spiro atoms. The van der Waals surface area contributed by atoms with Crippen LogP contribution in [0.4, 0.5) is 5.69 Å². The number of hydrogen-bond acceptors (Lipinski definition) is 3. The number of benzene rings is 2. The van der Waals surface area contributed by atoms with Crippen molar-refractivity contribution in [3.63, 3.8) is 0 Å². The van der Waals surface area contributed by atoms with Gasteiger partial charge >= 0.3 is 0 Å². The highest BCUT2D eigenvalue weighted by molar-refractivity contribution is 9.10. The Hall–Kier alpha value is -1.85. The highest BCUT2D eigenvalue weighted by Gasteiger charge is 2.27. The van der Waals surface area contributed by atoms with E-state index >= 15 is 0 Å². The number of carbonyl (C=O) groups excluding carboxylic acids is 1. The number of hydrogen-bond donors (Lipinski definition) is 2. The SMILES string of the molecule is NC1CCC(C(=O)Nc2ccc(OCc3ccccc3)c(Br)c2)C1. The van der Waals surface area contributed by atoms with Crippen molar-refractivity contribution in [1.82, 2.24) is 0 Å². The zero-order valence-electron chi connectivity index (χ0n) is 13.4. The summed E-state index contributed by atoms with van der Waals surface area (Å²) in [6.45, 7) is 0.505. The molecule has 2 aromatic rings. The third-order valence-corrected chi connectivity index (χ3v) is 4.90. The Morgan fingerprint density at radius 3 is 2.67 bits per heavy atom. The molecule has 2 aromatic carbocycles. The molecule has 2 unspecified atom stereocenters. The maximum atomic E-state index is 12.3. The maximum absolute atomic E-state index is 12.3. The normalized spacial score (nSPS) is 19.9. The molecule has 0 saturated heterocycles. The summed E-state index contributed by atoms with van der Waals surface area (Å²) >= 11 is 3.51. The van der Waals surface area contributed by atoms with Gasteiger partial charge in [-0.2, -0.15) is 0 Å². The quantitative estimate of drug-likeness (QED) is 0.810. The number of halogens is 1. The van der Waals surface area contributed by atoms with E-state index < -0.39 is 0 Å². The van der Waals surface area contributed by atoms with Crippen molar-refractivity contribution >= 4 is 27.5 Å². The van der Waals surface area contributed by atoms with Crippen LogP contribution in [0.5, 0.6) is 5.75 Å². The highest BCUT2D eigenvalue weighted by atomic mass is 79.9. The van der Waals surface area contributed by atoms with Crippen LogP contribution in [0.1, 0.15) is 24.8 Å². The number of amides is 1. The van der Waals surface area contributed by atoms with Crippen LogP contribution in [-0.2, 0) is 11.4 Å². The first-order valence-electron chi connectivity index (χ1n) is 8.14. The molecule has 5 heteroatoms. The van der Waals surface area contributed by atoms with Crippen LogP contribution in [0.2, 0.25) is 0 Å². The van der Waals surface area contributed by atoms with Crippen LogP contribution in [0.3, 0.4) is 0 Å². The third kappa shape index (κ3) is 4.36. The molecule has 1 fully saturated rings. The molecule has 3 N–H and O–H groups in total. The largest absolute Gasteiger partial charge is 0.488 e. The lowest BCUT2D eigenvalue weighted by Crippen LogP contribution is -2.23. The molecule has 0 bridgehead atoms. The lowest BCUT2D eigenvalue weighted by molar-refractivity contribution is -0.119. The summed E-state index contributed by atoms with van der Waals surface area (Å²) in [7, 11) is 0. The van der Waals surface area contributed by atoms with E-state index in [0.29, 0.717) is 6.61 Å². The summed E-state index contributed by atoms with van der Waals surface area (Å²) in [4.78, 5) is 12.3. The van der Waals surface area contributed by atoms with Crippen LogP contribution in [0.15, 0.2) is 53.0 Å². The Balaban J connectivity index is 1.59. The first-order chi connectivity index (χ1) is 11.6. The summed E-state index contributed by atoms with van der Waals surface area (Å²) in [5.41, 5.74) is 7.75. The van der Waals surface area contributed by atoms with E-state index in [-0.39, 0.29) is 17.9 Å². The standard InChI is InChI=1S/C19H21BrN2O2/c20-17-11-16(22-19(23)14-6-7-15(21)10-14)8-9-18(17)24-12-13-4-2-1-3-5-13/h1-5,8-9,11,14-15H,6-7,10,12,21H2,(H,22,23). The minimum absolute atomic E-state index is 0.0211. The van der Waals surface area contributed by atoms with Crippen LogP contribution >= 0.6 is 15.9 Å². The lowest BCUT2D eigenvalue weighted by atomic mass is 10.1. The van der Waals surface area contributed by atoms with E-state index in [0.717, 1.165) is 40.7 Å². The molecule has 3 rings (SSSR count). The Labute approximate surface area is 150 Å². The number of anilines is 1. The molecule has 0 radical (unpaired) electrons. The maximum Gasteiger partial charge on any atom is 0.227 e. The highest BCUT2D eigenvalue weighted by Crippen LogP contribution is 2.30. The van der Waals surface area contributed by atoms with Crippen LogP contribution in [-0.4, -0.2) is 11.9 Å². The Kier molecular flexibility index (Phi) is 5.53. The van der Waals surface area contributed by atoms with Crippen molar-refractivity contribution in [1.29, 1.82) is 0 Å². The van der Waals surface area contributed by atoms with Gasteiger partial charge in [-0.05, 0) is 59.0 Å².